The summed E-state index contributed by atoms with van der Waals surface area (Å²) >= 11 is 0. The molecule has 0 aliphatic rings. The lowest BCUT2D eigenvalue weighted by Gasteiger charge is -2.04. The van der Waals surface area contributed by atoms with Gasteiger partial charge in [0.05, 0.1) is 20.3 Å². The molecule has 1 aromatic heterocycles. The van der Waals surface area contributed by atoms with Crippen molar-refractivity contribution in [3.63, 3.8) is 0 Å². The van der Waals surface area contributed by atoms with Crippen molar-refractivity contribution in [2.24, 2.45) is 0 Å². The Labute approximate surface area is 123 Å². The summed E-state index contributed by atoms with van der Waals surface area (Å²) in [6.45, 7) is 2.51. The summed E-state index contributed by atoms with van der Waals surface area (Å²) in [4.78, 5) is 0. The van der Waals surface area contributed by atoms with Gasteiger partial charge >= 0.3 is 6.01 Å². The van der Waals surface area contributed by atoms with E-state index < -0.39 is 0 Å². The second-order valence-electron chi connectivity index (χ2n) is 4.38. The van der Waals surface area contributed by atoms with Crippen LogP contribution in [0.15, 0.2) is 28.7 Å². The molecule has 0 aliphatic heterocycles. The summed E-state index contributed by atoms with van der Waals surface area (Å²) in [6.07, 6.45) is 0. The van der Waals surface area contributed by atoms with E-state index in [2.05, 4.69) is 20.8 Å². The van der Waals surface area contributed by atoms with Crippen molar-refractivity contribution in [2.45, 2.75) is 13.1 Å². The molecule has 0 atom stereocenters. The highest BCUT2D eigenvalue weighted by Gasteiger charge is 2.05. The Morgan fingerprint density at radius 1 is 1.19 bits per heavy atom. The number of ether oxygens (including phenoxy) is 2. The molecule has 2 N–H and O–H groups in total. The average Bonchev–Trinajstić information content (AvgIpc) is 2.98. The maximum atomic E-state index is 5.47. The monoisotopic (exact) mass is 292 g/mol. The highest BCUT2D eigenvalue weighted by molar-refractivity contribution is 5.31. The number of hydrogen-bond donors (Lipinski definition) is 2. The second-order valence-corrected chi connectivity index (χ2v) is 4.38. The van der Waals surface area contributed by atoms with Crippen LogP contribution in [0.5, 0.6) is 5.75 Å². The first-order valence-corrected chi connectivity index (χ1v) is 6.70. The van der Waals surface area contributed by atoms with Gasteiger partial charge in [0, 0.05) is 20.2 Å². The topological polar surface area (TPSA) is 81.4 Å². The molecule has 0 saturated carbocycles. The Morgan fingerprint density at radius 2 is 2.10 bits per heavy atom. The molecular weight excluding hydrogens is 272 g/mol. The molecule has 0 radical (unpaired) electrons. The number of nitrogens with one attached hydrogen (secondary N) is 2. The molecule has 2 rings (SSSR count). The van der Waals surface area contributed by atoms with Gasteiger partial charge in [-0.25, -0.2) is 0 Å². The molecule has 0 fully saturated rings. The largest absolute Gasteiger partial charge is 0.497 e. The van der Waals surface area contributed by atoms with Crippen molar-refractivity contribution in [3.05, 3.63) is 35.7 Å². The molecule has 7 nitrogen and oxygen atoms in total. The van der Waals surface area contributed by atoms with Crippen LogP contribution >= 0.6 is 0 Å². The first-order valence-electron chi connectivity index (χ1n) is 6.70. The van der Waals surface area contributed by atoms with E-state index in [-0.39, 0.29) is 0 Å². The third kappa shape index (κ3) is 5.05. The molecule has 0 spiro atoms. The van der Waals surface area contributed by atoms with Crippen LogP contribution in [0.2, 0.25) is 0 Å². The number of anilines is 1. The summed E-state index contributed by atoms with van der Waals surface area (Å²) in [7, 11) is 3.31. The van der Waals surface area contributed by atoms with Gasteiger partial charge in [-0.2, -0.15) is 0 Å². The van der Waals surface area contributed by atoms with Gasteiger partial charge in [0.1, 0.15) is 5.75 Å². The van der Waals surface area contributed by atoms with Crippen LogP contribution in [0.3, 0.4) is 0 Å². The Kier molecular flexibility index (Phi) is 5.99. The van der Waals surface area contributed by atoms with Gasteiger partial charge in [0.2, 0.25) is 5.89 Å². The van der Waals surface area contributed by atoms with Gasteiger partial charge < -0.3 is 24.5 Å². The lowest BCUT2D eigenvalue weighted by atomic mass is 10.2. The summed E-state index contributed by atoms with van der Waals surface area (Å²) in [5.41, 5.74) is 1.08. The van der Waals surface area contributed by atoms with Gasteiger partial charge in [-0.3, -0.25) is 0 Å². The molecule has 1 heterocycles. The van der Waals surface area contributed by atoms with E-state index >= 15 is 0 Å². The summed E-state index contributed by atoms with van der Waals surface area (Å²) in [5.74, 6) is 1.36. The molecule has 114 valence electrons. The van der Waals surface area contributed by atoms with E-state index in [0.29, 0.717) is 31.6 Å². The Hall–Kier alpha value is -2.12. The number of rotatable bonds is 9. The normalized spacial score (nSPS) is 10.6. The molecule has 7 heteroatoms. The number of nitrogens with zero attached hydrogens (tertiary/aromatic N) is 2. The van der Waals surface area contributed by atoms with Gasteiger partial charge in [0.15, 0.2) is 0 Å². The Balaban J connectivity index is 1.79. The Morgan fingerprint density at radius 3 is 2.90 bits per heavy atom. The van der Waals surface area contributed by atoms with Crippen LogP contribution in [-0.4, -0.2) is 37.6 Å². The van der Waals surface area contributed by atoms with E-state index in [1.54, 1.807) is 14.2 Å². The van der Waals surface area contributed by atoms with Crippen LogP contribution in [0, 0.1) is 0 Å². The molecular formula is C14H20N4O3. The minimum Gasteiger partial charge on any atom is -0.497 e. The van der Waals surface area contributed by atoms with Crippen LogP contribution in [0.4, 0.5) is 6.01 Å². The highest BCUT2D eigenvalue weighted by atomic mass is 16.5. The summed E-state index contributed by atoms with van der Waals surface area (Å²) < 4.78 is 15.6. The first kappa shape index (κ1) is 15.3. The first-order chi connectivity index (χ1) is 10.3. The maximum Gasteiger partial charge on any atom is 0.315 e. The standard InChI is InChI=1S/C14H20N4O3/c1-19-7-6-15-10-13-17-18-14(21-13)16-9-11-4-3-5-12(8-11)20-2/h3-5,8,15H,6-7,9-10H2,1-2H3,(H,16,18). The fourth-order valence-corrected chi connectivity index (χ4v) is 1.73. The lowest BCUT2D eigenvalue weighted by molar-refractivity contribution is 0.198. The predicted molar refractivity (Wildman–Crippen MR) is 78.2 cm³/mol. The second kappa shape index (κ2) is 8.23. The maximum absolute atomic E-state index is 5.47. The van der Waals surface area contributed by atoms with Crippen LogP contribution in [0.1, 0.15) is 11.5 Å². The SMILES string of the molecule is COCCNCc1nnc(NCc2cccc(OC)c2)o1. The molecule has 2 aromatic rings. The zero-order valence-corrected chi connectivity index (χ0v) is 12.3. The predicted octanol–water partition coefficient (Wildman–Crippen LogP) is 1.43. The number of benzene rings is 1. The minimum atomic E-state index is 0.404. The summed E-state index contributed by atoms with van der Waals surface area (Å²) in [6, 6.07) is 8.20. The molecule has 0 unspecified atom stereocenters. The minimum absolute atomic E-state index is 0.404. The zero-order chi connectivity index (χ0) is 14.9. The van der Waals surface area contributed by atoms with E-state index in [1.807, 2.05) is 24.3 Å². The van der Waals surface area contributed by atoms with Crippen molar-refractivity contribution in [2.75, 3.05) is 32.7 Å². The van der Waals surface area contributed by atoms with Crippen molar-refractivity contribution in [1.29, 1.82) is 0 Å². The number of methoxy groups -OCH3 is 2. The third-order valence-corrected chi connectivity index (χ3v) is 2.80. The molecule has 21 heavy (non-hydrogen) atoms. The van der Waals surface area contributed by atoms with Gasteiger partial charge in [-0.1, -0.05) is 17.2 Å². The molecule has 0 bridgehead atoms. The van der Waals surface area contributed by atoms with Gasteiger partial charge in [-0.15, -0.1) is 5.10 Å². The van der Waals surface area contributed by atoms with Gasteiger partial charge in [-0.05, 0) is 17.7 Å². The smallest absolute Gasteiger partial charge is 0.315 e. The van der Waals surface area contributed by atoms with E-state index in [0.717, 1.165) is 17.9 Å². The van der Waals surface area contributed by atoms with E-state index in [4.69, 9.17) is 13.9 Å². The van der Waals surface area contributed by atoms with Crippen molar-refractivity contribution in [3.8, 4) is 5.75 Å². The van der Waals surface area contributed by atoms with Crippen molar-refractivity contribution in [1.82, 2.24) is 15.5 Å². The third-order valence-electron chi connectivity index (χ3n) is 2.80. The fourth-order valence-electron chi connectivity index (χ4n) is 1.73. The van der Waals surface area contributed by atoms with Crippen molar-refractivity contribution < 1.29 is 13.9 Å². The lowest BCUT2D eigenvalue weighted by Crippen LogP contribution is -2.18. The van der Waals surface area contributed by atoms with Crippen LogP contribution in [-0.2, 0) is 17.8 Å². The molecule has 0 aliphatic carbocycles. The van der Waals surface area contributed by atoms with Crippen LogP contribution in [0.25, 0.3) is 0 Å². The fraction of sp³-hybridized carbons (Fsp3) is 0.429. The number of aromatic nitrogens is 2. The average molecular weight is 292 g/mol. The highest BCUT2D eigenvalue weighted by Crippen LogP contribution is 2.14. The Bertz CT molecular complexity index is 545. The zero-order valence-electron chi connectivity index (χ0n) is 12.3. The molecule has 0 saturated heterocycles. The number of hydrogen-bond acceptors (Lipinski definition) is 7. The van der Waals surface area contributed by atoms with E-state index in [1.165, 1.54) is 0 Å². The van der Waals surface area contributed by atoms with Crippen molar-refractivity contribution >= 4 is 6.01 Å². The van der Waals surface area contributed by atoms with Gasteiger partial charge in [0.25, 0.3) is 0 Å². The summed E-state index contributed by atoms with van der Waals surface area (Å²) in [5, 5.41) is 14.1. The molecule has 0 amide bonds. The van der Waals surface area contributed by atoms with E-state index in [9.17, 15) is 0 Å². The van der Waals surface area contributed by atoms with Crippen LogP contribution < -0.4 is 15.4 Å². The quantitative estimate of drug-likeness (QED) is 0.676. The molecule has 1 aromatic carbocycles.